The lowest BCUT2D eigenvalue weighted by atomic mass is 10.0. The molecule has 0 unspecified atom stereocenters. The zero-order chi connectivity index (χ0) is 14.2. The van der Waals surface area contributed by atoms with Crippen LogP contribution in [0, 0.1) is 0 Å². The fourth-order valence-corrected chi connectivity index (χ4v) is 3.52. The standard InChI is InChI=1S/C13H16N2O3S/c1-4-5-8-6-19-12-9(14-7(2)3)11(16)15(12)10(8)13(17)18/h4-5,9,12H,6H2,1-3H3,(H,17,18)/b5-4-/t9-,12-/m1/s1. The molecule has 2 heterocycles. The molecule has 19 heavy (non-hydrogen) atoms. The maximum Gasteiger partial charge on any atom is 0.352 e. The van der Waals surface area contributed by atoms with Crippen molar-refractivity contribution in [1.29, 1.82) is 0 Å². The molecule has 0 aromatic rings. The predicted molar refractivity (Wildman–Crippen MR) is 75.1 cm³/mol. The highest BCUT2D eigenvalue weighted by atomic mass is 32.2. The van der Waals surface area contributed by atoms with E-state index in [0.29, 0.717) is 11.3 Å². The van der Waals surface area contributed by atoms with Gasteiger partial charge < -0.3 is 5.11 Å². The van der Waals surface area contributed by atoms with Gasteiger partial charge in [-0.25, -0.2) is 4.79 Å². The molecule has 2 atom stereocenters. The topological polar surface area (TPSA) is 70.0 Å². The smallest absolute Gasteiger partial charge is 0.352 e. The highest BCUT2D eigenvalue weighted by Crippen LogP contribution is 2.41. The largest absolute Gasteiger partial charge is 0.477 e. The lowest BCUT2D eigenvalue weighted by Crippen LogP contribution is -2.64. The quantitative estimate of drug-likeness (QED) is 0.630. The van der Waals surface area contributed by atoms with Crippen molar-refractivity contribution in [2.75, 3.05) is 5.75 Å². The summed E-state index contributed by atoms with van der Waals surface area (Å²) >= 11 is 1.56. The second-order valence-corrected chi connectivity index (χ2v) is 5.71. The van der Waals surface area contributed by atoms with Crippen LogP contribution in [0.2, 0.25) is 0 Å². The first-order valence-electron chi connectivity index (χ1n) is 6.02. The van der Waals surface area contributed by atoms with Crippen molar-refractivity contribution in [3.8, 4) is 0 Å². The van der Waals surface area contributed by atoms with E-state index in [4.69, 9.17) is 0 Å². The molecular formula is C13H16N2O3S. The third-order valence-electron chi connectivity index (χ3n) is 2.94. The van der Waals surface area contributed by atoms with Gasteiger partial charge in [-0.3, -0.25) is 14.7 Å². The van der Waals surface area contributed by atoms with E-state index in [2.05, 4.69) is 4.99 Å². The summed E-state index contributed by atoms with van der Waals surface area (Å²) in [5.41, 5.74) is 1.62. The maximum absolute atomic E-state index is 12.1. The number of hydrogen-bond acceptors (Lipinski definition) is 4. The van der Waals surface area contributed by atoms with Gasteiger partial charge in [0.2, 0.25) is 0 Å². The van der Waals surface area contributed by atoms with Crippen LogP contribution < -0.4 is 0 Å². The van der Waals surface area contributed by atoms with E-state index in [1.165, 1.54) is 4.90 Å². The number of hydrogen-bond donors (Lipinski definition) is 1. The molecular weight excluding hydrogens is 264 g/mol. The molecule has 5 nitrogen and oxygen atoms in total. The first-order chi connectivity index (χ1) is 8.97. The number of aliphatic imine (C=N–C) groups is 1. The molecule has 0 saturated carbocycles. The number of nitrogens with zero attached hydrogens (tertiary/aromatic N) is 2. The van der Waals surface area contributed by atoms with Crippen LogP contribution in [0.3, 0.4) is 0 Å². The van der Waals surface area contributed by atoms with Crippen molar-refractivity contribution in [3.05, 3.63) is 23.4 Å². The monoisotopic (exact) mass is 280 g/mol. The number of carbonyl (C=O) groups is 2. The molecule has 0 aromatic heterocycles. The van der Waals surface area contributed by atoms with Gasteiger partial charge in [-0.1, -0.05) is 12.2 Å². The van der Waals surface area contributed by atoms with Gasteiger partial charge in [0.05, 0.1) is 0 Å². The van der Waals surface area contributed by atoms with E-state index in [-0.39, 0.29) is 17.0 Å². The van der Waals surface area contributed by atoms with Crippen LogP contribution in [0.4, 0.5) is 0 Å². The van der Waals surface area contributed by atoms with Crippen LogP contribution in [-0.4, -0.2) is 44.8 Å². The summed E-state index contributed by atoms with van der Waals surface area (Å²) in [4.78, 5) is 29.1. The molecule has 6 heteroatoms. The number of allylic oxidation sites excluding steroid dienone is 2. The SMILES string of the molecule is C/C=C\C1=C(C(=O)O)N2C(=O)[C@@H](N=C(C)C)[C@H]2SC1. The predicted octanol–water partition coefficient (Wildman–Crippen LogP) is 1.67. The van der Waals surface area contributed by atoms with Gasteiger partial charge in [-0.05, 0) is 26.3 Å². The van der Waals surface area contributed by atoms with Crippen LogP contribution in [0.25, 0.3) is 0 Å². The van der Waals surface area contributed by atoms with Gasteiger partial charge in [-0.15, -0.1) is 11.8 Å². The van der Waals surface area contributed by atoms with Gasteiger partial charge in [0.25, 0.3) is 5.91 Å². The number of carbonyl (C=O) groups excluding carboxylic acids is 1. The van der Waals surface area contributed by atoms with E-state index in [1.807, 2.05) is 20.8 Å². The number of carboxylic acids is 1. The lowest BCUT2D eigenvalue weighted by molar-refractivity contribution is -0.147. The number of aliphatic carboxylic acids is 1. The molecule has 2 aliphatic rings. The van der Waals surface area contributed by atoms with E-state index in [9.17, 15) is 14.7 Å². The number of amides is 1. The summed E-state index contributed by atoms with van der Waals surface area (Å²) in [5.74, 6) is -0.685. The van der Waals surface area contributed by atoms with E-state index < -0.39 is 12.0 Å². The van der Waals surface area contributed by atoms with Crippen LogP contribution in [0.1, 0.15) is 20.8 Å². The Bertz CT molecular complexity index is 518. The molecule has 0 spiro atoms. The molecule has 0 aromatic carbocycles. The third-order valence-corrected chi connectivity index (χ3v) is 4.23. The Labute approximate surface area is 116 Å². The molecule has 2 aliphatic heterocycles. The van der Waals surface area contributed by atoms with E-state index >= 15 is 0 Å². The van der Waals surface area contributed by atoms with Gasteiger partial charge in [0.1, 0.15) is 11.1 Å². The highest BCUT2D eigenvalue weighted by molar-refractivity contribution is 8.00. The highest BCUT2D eigenvalue weighted by Gasteiger charge is 2.53. The van der Waals surface area contributed by atoms with Gasteiger partial charge in [0, 0.05) is 11.5 Å². The summed E-state index contributed by atoms with van der Waals surface area (Å²) in [6, 6.07) is -0.434. The summed E-state index contributed by atoms with van der Waals surface area (Å²) in [7, 11) is 0. The van der Waals surface area contributed by atoms with E-state index in [0.717, 1.165) is 5.71 Å². The fourth-order valence-electron chi connectivity index (χ4n) is 2.22. The second-order valence-electron chi connectivity index (χ2n) is 4.61. The maximum atomic E-state index is 12.1. The number of rotatable bonds is 3. The van der Waals surface area contributed by atoms with Crippen molar-refractivity contribution in [2.24, 2.45) is 4.99 Å². The lowest BCUT2D eigenvalue weighted by Gasteiger charge is -2.47. The average Bonchev–Trinajstić information content (AvgIpc) is 2.35. The van der Waals surface area contributed by atoms with Crippen molar-refractivity contribution in [1.82, 2.24) is 4.90 Å². The van der Waals surface area contributed by atoms with Crippen LogP contribution in [0.15, 0.2) is 28.4 Å². The Morgan fingerprint density at radius 1 is 1.53 bits per heavy atom. The second kappa shape index (κ2) is 5.21. The minimum absolute atomic E-state index is 0.104. The summed E-state index contributed by atoms with van der Waals surface area (Å²) in [5, 5.41) is 9.13. The Balaban J connectivity index is 2.36. The van der Waals surface area contributed by atoms with Crippen molar-refractivity contribution < 1.29 is 14.7 Å². The summed E-state index contributed by atoms with van der Waals surface area (Å²) in [6.45, 7) is 5.50. The zero-order valence-corrected chi connectivity index (χ0v) is 11.9. The first-order valence-corrected chi connectivity index (χ1v) is 7.07. The Morgan fingerprint density at radius 3 is 2.74 bits per heavy atom. The van der Waals surface area contributed by atoms with Gasteiger partial charge in [-0.2, -0.15) is 0 Å². The van der Waals surface area contributed by atoms with Gasteiger partial charge in [0.15, 0.2) is 6.04 Å². The van der Waals surface area contributed by atoms with Gasteiger partial charge >= 0.3 is 5.97 Å². The molecule has 0 radical (unpaired) electrons. The van der Waals surface area contributed by atoms with Crippen LogP contribution >= 0.6 is 11.8 Å². The molecule has 1 N–H and O–H groups in total. The zero-order valence-electron chi connectivity index (χ0n) is 11.1. The Hall–Kier alpha value is -1.56. The molecule has 2 rings (SSSR count). The molecule has 1 fully saturated rings. The van der Waals surface area contributed by atoms with Crippen molar-refractivity contribution >= 4 is 29.4 Å². The number of carboxylic acid groups (broad SMARTS) is 1. The minimum Gasteiger partial charge on any atom is -0.477 e. The fraction of sp³-hybridized carbons (Fsp3) is 0.462. The average molecular weight is 280 g/mol. The minimum atomic E-state index is -1.05. The molecule has 1 saturated heterocycles. The number of thioether (sulfide) groups is 1. The third kappa shape index (κ3) is 2.32. The summed E-state index contributed by atoms with van der Waals surface area (Å²) in [6.07, 6.45) is 3.54. The number of β-lactam (4-membered cyclic amide) rings is 1. The normalized spacial score (nSPS) is 26.3. The summed E-state index contributed by atoms with van der Waals surface area (Å²) < 4.78 is 0. The Kier molecular flexibility index (Phi) is 3.80. The van der Waals surface area contributed by atoms with Crippen LogP contribution in [0.5, 0.6) is 0 Å². The molecule has 0 bridgehead atoms. The van der Waals surface area contributed by atoms with Crippen molar-refractivity contribution in [2.45, 2.75) is 32.2 Å². The van der Waals surface area contributed by atoms with Crippen molar-refractivity contribution in [3.63, 3.8) is 0 Å². The Morgan fingerprint density at radius 2 is 2.21 bits per heavy atom. The molecule has 1 amide bonds. The molecule has 0 aliphatic carbocycles. The van der Waals surface area contributed by atoms with E-state index in [1.54, 1.807) is 23.9 Å². The molecule has 102 valence electrons. The first kappa shape index (κ1) is 13.9. The van der Waals surface area contributed by atoms with Crippen LogP contribution in [-0.2, 0) is 9.59 Å². The number of fused-ring (bicyclic) bond motifs is 1.